The Morgan fingerprint density at radius 3 is 1.92 bits per heavy atom. The molecule has 1 heterocycles. The Morgan fingerprint density at radius 2 is 1.33 bits per heavy atom. The predicted molar refractivity (Wildman–Crippen MR) is 208 cm³/mol. The second kappa shape index (κ2) is 17.5. The smallest absolute Gasteiger partial charge is 0.125 e. The van der Waals surface area contributed by atoms with E-state index >= 15 is 0 Å². The number of anilines is 3. The summed E-state index contributed by atoms with van der Waals surface area (Å²) >= 11 is 0. The van der Waals surface area contributed by atoms with E-state index in [0.717, 1.165) is 105 Å². The molecule has 0 spiro atoms. The van der Waals surface area contributed by atoms with Crippen LogP contribution in [0.5, 0.6) is 17.2 Å². The van der Waals surface area contributed by atoms with E-state index < -0.39 is 5.54 Å². The van der Waals surface area contributed by atoms with Crippen molar-refractivity contribution in [2.45, 2.75) is 51.0 Å². The van der Waals surface area contributed by atoms with Gasteiger partial charge in [0.2, 0.25) is 0 Å². The van der Waals surface area contributed by atoms with Gasteiger partial charge >= 0.3 is 0 Å². The van der Waals surface area contributed by atoms with Crippen molar-refractivity contribution in [3.63, 3.8) is 0 Å². The van der Waals surface area contributed by atoms with Gasteiger partial charge in [0, 0.05) is 34.6 Å². The van der Waals surface area contributed by atoms with Crippen LogP contribution >= 0.6 is 0 Å². The molecular formula is C44H52N2O5. The minimum absolute atomic E-state index is 0.258. The van der Waals surface area contributed by atoms with Gasteiger partial charge in [-0.2, -0.15) is 0 Å². The molecule has 0 bridgehead atoms. The lowest BCUT2D eigenvalue weighted by Gasteiger charge is -2.40. The third-order valence-electron chi connectivity index (χ3n) is 10.0. The number of hydrogen-bond acceptors (Lipinski definition) is 7. The zero-order valence-corrected chi connectivity index (χ0v) is 30.3. The van der Waals surface area contributed by atoms with Gasteiger partial charge in [0.1, 0.15) is 17.2 Å². The molecule has 51 heavy (non-hydrogen) atoms. The highest BCUT2D eigenvalue weighted by Gasteiger charge is 2.37. The molecule has 1 unspecified atom stereocenters. The Morgan fingerprint density at radius 1 is 0.706 bits per heavy atom. The molecule has 4 aromatic rings. The van der Waals surface area contributed by atoms with Crippen LogP contribution in [0.1, 0.15) is 56.6 Å². The van der Waals surface area contributed by atoms with Crippen molar-refractivity contribution >= 4 is 22.6 Å². The Kier molecular flexibility index (Phi) is 12.4. The van der Waals surface area contributed by atoms with Gasteiger partial charge in [0.05, 0.1) is 46.2 Å². The molecule has 1 aliphatic carbocycles. The van der Waals surface area contributed by atoms with E-state index in [1.54, 1.807) is 14.2 Å². The molecule has 1 atom stereocenters. The lowest BCUT2D eigenvalue weighted by molar-refractivity contribution is -0.150. The minimum atomic E-state index is -0.497. The summed E-state index contributed by atoms with van der Waals surface area (Å²) in [6.45, 7) is 6.21. The van der Waals surface area contributed by atoms with Gasteiger partial charge in [-0.1, -0.05) is 61.9 Å². The second-order valence-corrected chi connectivity index (χ2v) is 13.6. The first-order chi connectivity index (χ1) is 25.0. The fourth-order valence-corrected chi connectivity index (χ4v) is 6.60. The number of ether oxygens (including phenoxy) is 5. The fraction of sp³-hybridized carbons (Fsp3) is 0.364. The van der Waals surface area contributed by atoms with Gasteiger partial charge < -0.3 is 34.3 Å². The van der Waals surface area contributed by atoms with Crippen LogP contribution in [0.3, 0.4) is 0 Å². The highest BCUT2D eigenvalue weighted by atomic mass is 16.5. The monoisotopic (exact) mass is 688 g/mol. The van der Waals surface area contributed by atoms with Gasteiger partial charge in [-0.25, -0.2) is 0 Å². The van der Waals surface area contributed by atoms with Gasteiger partial charge in [0.25, 0.3) is 0 Å². The molecule has 7 nitrogen and oxygen atoms in total. The van der Waals surface area contributed by atoms with E-state index in [1.165, 1.54) is 11.1 Å². The Balaban J connectivity index is 1.09. The van der Waals surface area contributed by atoms with Crippen LogP contribution in [0.25, 0.3) is 5.57 Å². The molecule has 1 saturated heterocycles. The molecule has 0 saturated carbocycles. The highest BCUT2D eigenvalue weighted by molar-refractivity contribution is 5.78. The van der Waals surface area contributed by atoms with Crippen LogP contribution in [0.4, 0.5) is 17.1 Å². The lowest BCUT2D eigenvalue weighted by atomic mass is 9.80. The number of nitrogens with one attached hydrogen (secondary N) is 2. The molecule has 268 valence electrons. The maximum atomic E-state index is 6.51. The van der Waals surface area contributed by atoms with Crippen LogP contribution in [0.2, 0.25) is 0 Å². The molecule has 4 aromatic carbocycles. The summed E-state index contributed by atoms with van der Waals surface area (Å²) < 4.78 is 28.6. The molecule has 6 rings (SSSR count). The zero-order chi connectivity index (χ0) is 35.4. The summed E-state index contributed by atoms with van der Waals surface area (Å²) in [7, 11) is 3.37. The molecule has 7 heteroatoms. The molecule has 0 amide bonds. The minimum Gasteiger partial charge on any atom is -0.497 e. The molecule has 2 N–H and O–H groups in total. The Hall–Kier alpha value is -4.72. The standard InChI is InChI=1S/C44H52N2O5/c1-4-43(32-50-33-43)31-49-29-9-5-6-10-30-51-42-12-8-7-11-41(42)44(46-38-19-23-40(48-3)24-20-38)27-25-35(26-28-44)34-13-15-36(16-14-34)45-37-17-21-39(47-2)22-18-37/h7-8,11-27,45-46H,4-6,9-10,28-33H2,1-3H3. The van der Waals surface area contributed by atoms with Gasteiger partial charge in [-0.05, 0) is 110 Å². The van der Waals surface area contributed by atoms with E-state index in [-0.39, 0.29) is 5.41 Å². The van der Waals surface area contributed by atoms with Crippen LogP contribution < -0.4 is 24.8 Å². The first kappa shape index (κ1) is 36.1. The number of methoxy groups -OCH3 is 2. The van der Waals surface area contributed by atoms with Crippen molar-refractivity contribution in [1.82, 2.24) is 0 Å². The first-order valence-electron chi connectivity index (χ1n) is 18.2. The summed E-state index contributed by atoms with van der Waals surface area (Å²) in [5, 5.41) is 7.34. The van der Waals surface area contributed by atoms with Gasteiger partial charge in [0.15, 0.2) is 0 Å². The third kappa shape index (κ3) is 9.34. The zero-order valence-electron chi connectivity index (χ0n) is 30.3. The maximum absolute atomic E-state index is 6.51. The number of hydrogen-bond donors (Lipinski definition) is 2. The first-order valence-corrected chi connectivity index (χ1v) is 18.2. The van der Waals surface area contributed by atoms with Crippen molar-refractivity contribution in [2.75, 3.05) is 57.9 Å². The Bertz CT molecular complexity index is 1720. The average molecular weight is 689 g/mol. The second-order valence-electron chi connectivity index (χ2n) is 13.6. The number of rotatable bonds is 19. The molecule has 0 radical (unpaired) electrons. The summed E-state index contributed by atoms with van der Waals surface area (Å²) in [4.78, 5) is 0. The SMILES string of the molecule is CCC1(COCCCCCCOc2ccccc2C2(Nc3ccc(OC)cc3)C=CC(c3ccc(Nc4ccc(OC)cc4)cc3)=CC2)COC1. The molecule has 2 aliphatic rings. The maximum Gasteiger partial charge on any atom is 0.125 e. The lowest BCUT2D eigenvalue weighted by Crippen LogP contribution is -2.45. The van der Waals surface area contributed by atoms with Crippen LogP contribution in [0.15, 0.2) is 115 Å². The van der Waals surface area contributed by atoms with Crippen LogP contribution in [-0.4, -0.2) is 47.3 Å². The fourth-order valence-electron chi connectivity index (χ4n) is 6.60. The van der Waals surface area contributed by atoms with E-state index in [9.17, 15) is 0 Å². The quantitative estimate of drug-likeness (QED) is 0.0951. The molecule has 0 aromatic heterocycles. The summed E-state index contributed by atoms with van der Waals surface area (Å²) in [6, 6.07) is 33.1. The molecule has 1 fully saturated rings. The van der Waals surface area contributed by atoms with E-state index in [1.807, 2.05) is 36.4 Å². The number of unbranched alkanes of at least 4 members (excludes halogenated alkanes) is 3. The predicted octanol–water partition coefficient (Wildman–Crippen LogP) is 10.2. The Labute approximate surface area is 303 Å². The van der Waals surface area contributed by atoms with E-state index in [4.69, 9.17) is 23.7 Å². The third-order valence-corrected chi connectivity index (χ3v) is 10.0. The number of benzene rings is 4. The van der Waals surface area contributed by atoms with E-state index in [2.05, 4.69) is 96.4 Å². The summed E-state index contributed by atoms with van der Waals surface area (Å²) in [6.07, 6.45) is 13.0. The summed E-state index contributed by atoms with van der Waals surface area (Å²) in [5.41, 5.74) is 6.29. The van der Waals surface area contributed by atoms with E-state index in [0.29, 0.717) is 6.61 Å². The highest BCUT2D eigenvalue weighted by Crippen LogP contribution is 2.42. The number of allylic oxidation sites excluding steroid dienone is 2. The van der Waals surface area contributed by atoms with Crippen molar-refractivity contribution in [1.29, 1.82) is 0 Å². The molecular weight excluding hydrogens is 636 g/mol. The molecule has 1 aliphatic heterocycles. The van der Waals surface area contributed by atoms with Gasteiger partial charge in [-0.15, -0.1) is 0 Å². The van der Waals surface area contributed by atoms with Gasteiger partial charge in [-0.3, -0.25) is 0 Å². The van der Waals surface area contributed by atoms with Crippen molar-refractivity contribution in [3.05, 3.63) is 126 Å². The average Bonchev–Trinajstić information content (AvgIpc) is 3.16. The van der Waals surface area contributed by atoms with Crippen LogP contribution in [-0.2, 0) is 15.0 Å². The van der Waals surface area contributed by atoms with Crippen molar-refractivity contribution < 1.29 is 23.7 Å². The number of para-hydroxylation sites is 1. The largest absolute Gasteiger partial charge is 0.497 e. The summed E-state index contributed by atoms with van der Waals surface area (Å²) in [5.74, 6) is 2.57. The normalized spacial score (nSPS) is 17.6. The topological polar surface area (TPSA) is 70.2 Å². The van der Waals surface area contributed by atoms with Crippen molar-refractivity contribution in [2.24, 2.45) is 5.41 Å². The van der Waals surface area contributed by atoms with Crippen LogP contribution in [0, 0.1) is 5.41 Å². The van der Waals surface area contributed by atoms with Crippen molar-refractivity contribution in [3.8, 4) is 17.2 Å².